The Morgan fingerprint density at radius 3 is 2.77 bits per heavy atom. The lowest BCUT2D eigenvalue weighted by Gasteiger charge is -2.03. The van der Waals surface area contributed by atoms with Crippen molar-refractivity contribution >= 4 is 10.8 Å². The molecular weight excluding hydrogens is 182 g/mol. The van der Waals surface area contributed by atoms with E-state index in [1.54, 1.807) is 12.1 Å². The fraction of sp³-hybridized carbons (Fsp3) is 0.300. The maximum Gasteiger partial charge on any atom is 0.0992 e. The summed E-state index contributed by atoms with van der Waals surface area (Å²) >= 11 is 0. The minimum absolute atomic E-state index is 0.572. The molecule has 0 aliphatic heterocycles. The predicted molar refractivity (Wildman–Crippen MR) is 52.8 cm³/mol. The van der Waals surface area contributed by atoms with Crippen molar-refractivity contribution in [2.24, 2.45) is 0 Å². The van der Waals surface area contributed by atoms with Gasteiger partial charge in [-0.15, -0.1) is 0 Å². The highest BCUT2D eigenvalue weighted by Gasteiger charge is 2.05. The van der Waals surface area contributed by atoms with Crippen LogP contribution in [0.5, 0.6) is 0 Å². The lowest BCUT2D eigenvalue weighted by molar-refractivity contribution is 0.683. The Bertz CT molecular complexity index is 379. The van der Waals surface area contributed by atoms with E-state index in [2.05, 4.69) is 0 Å². The highest BCUT2D eigenvalue weighted by molar-refractivity contribution is 7.85. The Balaban J connectivity index is 3.20. The van der Waals surface area contributed by atoms with Gasteiger partial charge in [-0.3, -0.25) is 4.21 Å². The molecule has 1 aromatic carbocycles. The number of aryl methyl sites for hydroxylation is 1. The molecule has 68 valence electrons. The van der Waals surface area contributed by atoms with Gasteiger partial charge in [0, 0.05) is 10.6 Å². The lowest BCUT2D eigenvalue weighted by Crippen LogP contribution is -1.97. The molecule has 0 amide bonds. The Labute approximate surface area is 80.7 Å². The van der Waals surface area contributed by atoms with Crippen molar-refractivity contribution < 1.29 is 4.21 Å². The Hall–Kier alpha value is -1.14. The van der Waals surface area contributed by atoms with E-state index in [1.165, 1.54) is 0 Å². The molecule has 0 aromatic heterocycles. The van der Waals surface area contributed by atoms with Gasteiger partial charge in [0.15, 0.2) is 0 Å². The van der Waals surface area contributed by atoms with E-state index in [0.717, 1.165) is 10.5 Å². The fourth-order valence-electron chi connectivity index (χ4n) is 1.07. The number of hydrogen-bond donors (Lipinski definition) is 0. The van der Waals surface area contributed by atoms with Crippen LogP contribution in [0.2, 0.25) is 0 Å². The van der Waals surface area contributed by atoms with Crippen LogP contribution in [-0.2, 0) is 10.8 Å². The van der Waals surface area contributed by atoms with Crippen LogP contribution in [-0.4, -0.2) is 9.96 Å². The quantitative estimate of drug-likeness (QED) is 0.720. The molecule has 0 bridgehead atoms. The molecule has 13 heavy (non-hydrogen) atoms. The highest BCUT2D eigenvalue weighted by atomic mass is 32.2. The van der Waals surface area contributed by atoms with Crippen LogP contribution >= 0.6 is 0 Å². The number of nitriles is 1. The van der Waals surface area contributed by atoms with Crippen LogP contribution in [0.4, 0.5) is 0 Å². The first-order chi connectivity index (χ1) is 6.19. The molecule has 0 radical (unpaired) electrons. The third-order valence-corrected chi connectivity index (χ3v) is 3.28. The summed E-state index contributed by atoms with van der Waals surface area (Å²) in [4.78, 5) is 0.779. The average Bonchev–Trinajstić information content (AvgIpc) is 2.17. The molecule has 2 nitrogen and oxygen atoms in total. The first-order valence-corrected chi connectivity index (χ1v) is 5.40. The number of nitrogens with zero attached hydrogens (tertiary/aromatic N) is 1. The summed E-state index contributed by atoms with van der Waals surface area (Å²) in [5.41, 5.74) is 1.56. The third kappa shape index (κ3) is 2.16. The van der Waals surface area contributed by atoms with Gasteiger partial charge in [0.05, 0.1) is 22.4 Å². The zero-order valence-electron chi connectivity index (χ0n) is 7.70. The Morgan fingerprint density at radius 2 is 2.23 bits per heavy atom. The van der Waals surface area contributed by atoms with Crippen molar-refractivity contribution in [2.45, 2.75) is 18.7 Å². The number of hydrogen-bond acceptors (Lipinski definition) is 2. The normalized spacial score (nSPS) is 12.1. The summed E-state index contributed by atoms with van der Waals surface area (Å²) in [6.45, 7) is 3.78. The summed E-state index contributed by atoms with van der Waals surface area (Å²) in [5, 5.41) is 8.66. The molecule has 0 N–H and O–H groups in total. The molecular formula is C10H11NOS. The monoisotopic (exact) mass is 193 g/mol. The standard InChI is InChI=1S/C10H11NOS/c1-3-13(12)10-6-9(7-11)5-4-8(10)2/h4-6H,3H2,1-2H3. The van der Waals surface area contributed by atoms with Gasteiger partial charge in [-0.2, -0.15) is 5.26 Å². The Morgan fingerprint density at radius 1 is 1.54 bits per heavy atom. The summed E-state index contributed by atoms with van der Waals surface area (Å²) in [7, 11) is -0.965. The van der Waals surface area contributed by atoms with Gasteiger partial charge >= 0.3 is 0 Å². The minimum Gasteiger partial charge on any atom is -0.254 e. The van der Waals surface area contributed by atoms with Gasteiger partial charge in [-0.1, -0.05) is 13.0 Å². The highest BCUT2D eigenvalue weighted by Crippen LogP contribution is 2.14. The van der Waals surface area contributed by atoms with Gasteiger partial charge < -0.3 is 0 Å². The van der Waals surface area contributed by atoms with Gasteiger partial charge in [0.25, 0.3) is 0 Å². The van der Waals surface area contributed by atoms with Crippen LogP contribution in [0.3, 0.4) is 0 Å². The van der Waals surface area contributed by atoms with E-state index in [9.17, 15) is 4.21 Å². The topological polar surface area (TPSA) is 40.9 Å². The van der Waals surface area contributed by atoms with Gasteiger partial charge in [0.1, 0.15) is 0 Å². The molecule has 0 spiro atoms. The number of rotatable bonds is 2. The molecule has 0 saturated carbocycles. The van der Waals surface area contributed by atoms with E-state index in [-0.39, 0.29) is 0 Å². The average molecular weight is 193 g/mol. The predicted octanol–water partition coefficient (Wildman–Crippen LogP) is 1.99. The second-order valence-electron chi connectivity index (χ2n) is 2.73. The van der Waals surface area contributed by atoms with Crippen LogP contribution in [0.1, 0.15) is 18.1 Å². The molecule has 1 rings (SSSR count). The second-order valence-corrected chi connectivity index (χ2v) is 4.43. The summed E-state index contributed by atoms with van der Waals surface area (Å²) in [6.07, 6.45) is 0. The molecule has 0 fully saturated rings. The SMILES string of the molecule is CCS(=O)c1cc(C#N)ccc1C. The number of benzene rings is 1. The summed E-state index contributed by atoms with van der Waals surface area (Å²) in [5.74, 6) is 0.593. The van der Waals surface area contributed by atoms with Gasteiger partial charge in [-0.25, -0.2) is 0 Å². The lowest BCUT2D eigenvalue weighted by atomic mass is 10.2. The zero-order valence-corrected chi connectivity index (χ0v) is 8.52. The molecule has 0 heterocycles. The van der Waals surface area contributed by atoms with Crippen molar-refractivity contribution in [2.75, 3.05) is 5.75 Å². The van der Waals surface area contributed by atoms with E-state index < -0.39 is 10.8 Å². The molecule has 3 heteroatoms. The first-order valence-electron chi connectivity index (χ1n) is 4.08. The largest absolute Gasteiger partial charge is 0.254 e. The van der Waals surface area contributed by atoms with Crippen LogP contribution in [0.25, 0.3) is 0 Å². The Kier molecular flexibility index (Phi) is 3.21. The maximum atomic E-state index is 11.5. The van der Waals surface area contributed by atoms with Crippen LogP contribution < -0.4 is 0 Å². The smallest absolute Gasteiger partial charge is 0.0992 e. The minimum atomic E-state index is -0.965. The summed E-state index contributed by atoms with van der Waals surface area (Å²) in [6, 6.07) is 7.32. The van der Waals surface area contributed by atoms with Crippen molar-refractivity contribution in [1.82, 2.24) is 0 Å². The van der Waals surface area contributed by atoms with Crippen molar-refractivity contribution in [3.63, 3.8) is 0 Å². The zero-order chi connectivity index (χ0) is 9.84. The molecule has 1 unspecified atom stereocenters. The molecule has 0 aliphatic carbocycles. The molecule has 1 aromatic rings. The molecule has 0 aliphatic rings. The van der Waals surface area contributed by atoms with Gasteiger partial charge in [-0.05, 0) is 24.6 Å². The maximum absolute atomic E-state index is 11.5. The van der Waals surface area contributed by atoms with Crippen LogP contribution in [0.15, 0.2) is 23.1 Å². The van der Waals surface area contributed by atoms with Crippen molar-refractivity contribution in [3.8, 4) is 6.07 Å². The van der Waals surface area contributed by atoms with E-state index in [1.807, 2.05) is 26.0 Å². The van der Waals surface area contributed by atoms with Crippen molar-refractivity contribution in [3.05, 3.63) is 29.3 Å². The molecule has 0 saturated heterocycles. The van der Waals surface area contributed by atoms with E-state index in [4.69, 9.17) is 5.26 Å². The fourth-order valence-corrected chi connectivity index (χ4v) is 2.07. The van der Waals surface area contributed by atoms with Crippen LogP contribution in [0, 0.1) is 18.3 Å². The molecule has 1 atom stereocenters. The first kappa shape index (κ1) is 9.94. The van der Waals surface area contributed by atoms with Crippen molar-refractivity contribution in [1.29, 1.82) is 5.26 Å². The third-order valence-electron chi connectivity index (χ3n) is 1.82. The second kappa shape index (κ2) is 4.20. The summed E-state index contributed by atoms with van der Waals surface area (Å²) < 4.78 is 11.5. The van der Waals surface area contributed by atoms with Gasteiger partial charge in [0.2, 0.25) is 0 Å². The van der Waals surface area contributed by atoms with E-state index >= 15 is 0 Å². The van der Waals surface area contributed by atoms with E-state index in [0.29, 0.717) is 11.3 Å².